The van der Waals surface area contributed by atoms with E-state index < -0.39 is 31.0 Å². The van der Waals surface area contributed by atoms with Crippen LogP contribution in [0, 0.1) is 0 Å². The molecule has 0 heterocycles. The number of aliphatic hydroxyl groups excluding tert-OH is 5. The third-order valence-corrected chi connectivity index (χ3v) is 1.43. The van der Waals surface area contributed by atoms with Crippen LogP contribution < -0.4 is 0 Å². The third-order valence-electron chi connectivity index (χ3n) is 1.43. The van der Waals surface area contributed by atoms with E-state index in [0.717, 1.165) is 0 Å². The molecule has 0 fully saturated rings. The van der Waals surface area contributed by atoms with E-state index in [0.29, 0.717) is 0 Å². The first kappa shape index (κ1) is 19.0. The maximum Gasteiger partial charge on any atom is 0.110 e. The van der Waals surface area contributed by atoms with Crippen LogP contribution in [-0.4, -0.2) is 56.6 Å². The van der Waals surface area contributed by atoms with Gasteiger partial charge >= 0.3 is 0 Å². The highest BCUT2D eigenvalue weighted by atomic mass is 35.5. The van der Waals surface area contributed by atoms with E-state index in [2.05, 4.69) is 0 Å². The molecule has 0 aliphatic heterocycles. The van der Waals surface area contributed by atoms with E-state index in [1.165, 1.54) is 6.92 Å². The summed E-state index contributed by atoms with van der Waals surface area (Å²) in [6, 6.07) is 0. The van der Waals surface area contributed by atoms with Crippen molar-refractivity contribution in [1.29, 1.82) is 0 Å². The first-order chi connectivity index (χ1) is 5.00. The lowest BCUT2D eigenvalue weighted by molar-refractivity contribution is -0.110. The summed E-state index contributed by atoms with van der Waals surface area (Å²) in [4.78, 5) is 0. The van der Waals surface area contributed by atoms with Crippen molar-refractivity contribution in [3.05, 3.63) is 0 Å². The molecule has 4 unspecified atom stereocenters. The van der Waals surface area contributed by atoms with E-state index in [4.69, 9.17) is 25.5 Å². The van der Waals surface area contributed by atoms with E-state index in [1.807, 2.05) is 0 Å². The third kappa shape index (κ3) is 6.45. The Bertz CT molecular complexity index is 113. The molecule has 0 bridgehead atoms. The Morgan fingerprint density at radius 2 is 1.31 bits per heavy atom. The minimum atomic E-state index is -1.51. The van der Waals surface area contributed by atoms with Crippen LogP contribution in [0.4, 0.5) is 0 Å². The molecule has 0 aliphatic rings. The minimum Gasteiger partial charge on any atom is -0.394 e. The molecule has 5 N–H and O–H groups in total. The van der Waals surface area contributed by atoms with Crippen LogP contribution in [-0.2, 0) is 0 Å². The summed E-state index contributed by atoms with van der Waals surface area (Å²) in [6.45, 7) is 0.628. The van der Waals surface area contributed by atoms with Gasteiger partial charge in [-0.05, 0) is 6.92 Å². The summed E-state index contributed by atoms with van der Waals surface area (Å²) in [6.07, 6.45) is -5.50. The molecule has 0 rings (SSSR count). The SMILES string of the molecule is CC(O)C(O)C(O)C(O)CO.Cl.Cl. The topological polar surface area (TPSA) is 101 Å². The molecule has 0 aliphatic carbocycles. The van der Waals surface area contributed by atoms with Gasteiger partial charge in [0.1, 0.15) is 18.3 Å². The van der Waals surface area contributed by atoms with Crippen LogP contribution in [0.1, 0.15) is 6.92 Å². The molecule has 0 aromatic carbocycles. The maximum atomic E-state index is 8.94. The van der Waals surface area contributed by atoms with E-state index in [9.17, 15) is 0 Å². The Balaban J connectivity index is -0.000000500. The van der Waals surface area contributed by atoms with Crippen LogP contribution >= 0.6 is 24.8 Å². The summed E-state index contributed by atoms with van der Waals surface area (Å²) >= 11 is 0. The van der Waals surface area contributed by atoms with E-state index in [1.54, 1.807) is 0 Å². The van der Waals surface area contributed by atoms with Gasteiger partial charge in [-0.3, -0.25) is 0 Å². The van der Waals surface area contributed by atoms with Crippen molar-refractivity contribution in [2.45, 2.75) is 31.3 Å². The fraction of sp³-hybridized carbons (Fsp3) is 1.00. The number of hydrogen-bond acceptors (Lipinski definition) is 5. The molecule has 0 radical (unpaired) electrons. The van der Waals surface area contributed by atoms with Gasteiger partial charge < -0.3 is 25.5 Å². The number of hydrogen-bond donors (Lipinski definition) is 5. The van der Waals surface area contributed by atoms with Gasteiger partial charge in [0.05, 0.1) is 12.7 Å². The summed E-state index contributed by atoms with van der Waals surface area (Å²) < 4.78 is 0. The van der Waals surface area contributed by atoms with Gasteiger partial charge in [0, 0.05) is 0 Å². The molecular weight excluding hydrogens is 223 g/mol. The fourth-order valence-corrected chi connectivity index (χ4v) is 0.621. The average Bonchev–Trinajstić information content (AvgIpc) is 2.00. The van der Waals surface area contributed by atoms with Gasteiger partial charge in [0.2, 0.25) is 0 Å². The Hall–Kier alpha value is 0.380. The fourth-order valence-electron chi connectivity index (χ4n) is 0.621. The Kier molecular flexibility index (Phi) is 13.1. The van der Waals surface area contributed by atoms with E-state index in [-0.39, 0.29) is 24.8 Å². The van der Waals surface area contributed by atoms with Crippen molar-refractivity contribution in [3.63, 3.8) is 0 Å². The Morgan fingerprint density at radius 1 is 0.923 bits per heavy atom. The zero-order valence-electron chi connectivity index (χ0n) is 7.07. The van der Waals surface area contributed by atoms with Gasteiger partial charge in [-0.1, -0.05) is 0 Å². The molecule has 0 saturated carbocycles. The van der Waals surface area contributed by atoms with Crippen molar-refractivity contribution < 1.29 is 25.5 Å². The van der Waals surface area contributed by atoms with Crippen LogP contribution in [0.15, 0.2) is 0 Å². The zero-order chi connectivity index (χ0) is 9.02. The van der Waals surface area contributed by atoms with Gasteiger partial charge in [-0.2, -0.15) is 0 Å². The smallest absolute Gasteiger partial charge is 0.110 e. The van der Waals surface area contributed by atoms with Gasteiger partial charge in [0.25, 0.3) is 0 Å². The second-order valence-electron chi connectivity index (χ2n) is 2.47. The monoisotopic (exact) mass is 238 g/mol. The lowest BCUT2D eigenvalue weighted by atomic mass is 10.1. The summed E-state index contributed by atoms with van der Waals surface area (Å²) in [5.74, 6) is 0. The second-order valence-corrected chi connectivity index (χ2v) is 2.47. The molecule has 84 valence electrons. The number of rotatable bonds is 4. The van der Waals surface area contributed by atoms with Crippen LogP contribution in [0.3, 0.4) is 0 Å². The molecular formula is C6H16Cl2O5. The predicted octanol–water partition coefficient (Wildman–Crippen LogP) is -1.71. The summed E-state index contributed by atoms with van der Waals surface area (Å²) in [5.41, 5.74) is 0. The van der Waals surface area contributed by atoms with Gasteiger partial charge in [0.15, 0.2) is 0 Å². The molecule has 13 heavy (non-hydrogen) atoms. The molecule has 0 saturated heterocycles. The molecule has 0 amide bonds. The second kappa shape index (κ2) is 8.96. The largest absolute Gasteiger partial charge is 0.394 e. The van der Waals surface area contributed by atoms with Crippen molar-refractivity contribution >= 4 is 24.8 Å². The first-order valence-electron chi connectivity index (χ1n) is 3.33. The van der Waals surface area contributed by atoms with Crippen molar-refractivity contribution in [2.75, 3.05) is 6.61 Å². The van der Waals surface area contributed by atoms with Crippen LogP contribution in [0.25, 0.3) is 0 Å². The quantitative estimate of drug-likeness (QED) is 0.402. The Morgan fingerprint density at radius 3 is 1.54 bits per heavy atom. The standard InChI is InChI=1S/C6H14O5.2ClH/c1-3(8)5(10)6(11)4(9)2-7;;/h3-11H,2H2,1H3;2*1H. The lowest BCUT2D eigenvalue weighted by Crippen LogP contribution is -2.44. The zero-order valence-corrected chi connectivity index (χ0v) is 8.70. The van der Waals surface area contributed by atoms with Crippen LogP contribution in [0.2, 0.25) is 0 Å². The average molecular weight is 239 g/mol. The van der Waals surface area contributed by atoms with E-state index >= 15 is 0 Å². The summed E-state index contributed by atoms with van der Waals surface area (Å²) in [5, 5.41) is 43.7. The van der Waals surface area contributed by atoms with Gasteiger partial charge in [-0.25, -0.2) is 0 Å². The highest BCUT2D eigenvalue weighted by Crippen LogP contribution is 2.03. The number of halogens is 2. The van der Waals surface area contributed by atoms with Crippen molar-refractivity contribution in [3.8, 4) is 0 Å². The lowest BCUT2D eigenvalue weighted by Gasteiger charge is -2.23. The highest BCUT2D eigenvalue weighted by Gasteiger charge is 2.27. The van der Waals surface area contributed by atoms with Crippen molar-refractivity contribution in [2.24, 2.45) is 0 Å². The highest BCUT2D eigenvalue weighted by molar-refractivity contribution is 5.85. The summed E-state index contributed by atoms with van der Waals surface area (Å²) in [7, 11) is 0. The number of aliphatic hydroxyl groups is 5. The molecule has 0 aromatic rings. The molecule has 7 heteroatoms. The Labute approximate surface area is 88.8 Å². The van der Waals surface area contributed by atoms with Crippen LogP contribution in [0.5, 0.6) is 0 Å². The molecule has 4 atom stereocenters. The minimum absolute atomic E-state index is 0. The molecule has 5 nitrogen and oxygen atoms in total. The predicted molar refractivity (Wildman–Crippen MR) is 51.3 cm³/mol. The first-order valence-corrected chi connectivity index (χ1v) is 3.33. The normalized spacial score (nSPS) is 18.9. The molecule has 0 aromatic heterocycles. The maximum absolute atomic E-state index is 8.94. The van der Waals surface area contributed by atoms with Gasteiger partial charge in [-0.15, -0.1) is 24.8 Å². The molecule has 0 spiro atoms. The van der Waals surface area contributed by atoms with Crippen molar-refractivity contribution in [1.82, 2.24) is 0 Å².